The van der Waals surface area contributed by atoms with E-state index in [1.165, 1.54) is 23.5 Å². The fraction of sp³-hybridized carbons (Fsp3) is 0.474. The second kappa shape index (κ2) is 8.44. The summed E-state index contributed by atoms with van der Waals surface area (Å²) < 4.78 is 19.4. The zero-order chi connectivity index (χ0) is 19.6. The summed E-state index contributed by atoms with van der Waals surface area (Å²) in [7, 11) is 0. The highest BCUT2D eigenvalue weighted by molar-refractivity contribution is 7.21. The number of fused-ring (bicyclic) bond motifs is 1. The normalized spacial score (nSPS) is 15.3. The van der Waals surface area contributed by atoms with Crippen LogP contribution in [0.4, 0.5) is 9.18 Å². The largest absolute Gasteiger partial charge is 0.449 e. The first-order valence-electron chi connectivity index (χ1n) is 8.95. The summed E-state index contributed by atoms with van der Waals surface area (Å²) in [5.74, 6) is -0.261. The Hall–Kier alpha value is -1.86. The van der Waals surface area contributed by atoms with E-state index in [9.17, 15) is 14.0 Å². The van der Waals surface area contributed by atoms with Gasteiger partial charge in [-0.15, -0.1) is 11.3 Å². The Morgan fingerprint density at radius 1 is 1.22 bits per heavy atom. The second-order valence-corrected chi connectivity index (χ2v) is 8.42. The van der Waals surface area contributed by atoms with Crippen molar-refractivity contribution in [1.29, 1.82) is 0 Å². The molecule has 2 amide bonds. The Bertz CT molecular complexity index is 855. The number of hydrogen-bond acceptors (Lipinski definition) is 4. The maximum atomic E-state index is 13.4. The molecule has 0 spiro atoms. The fourth-order valence-electron chi connectivity index (χ4n) is 2.95. The number of ether oxygens (including phenoxy) is 1. The maximum Gasteiger partial charge on any atom is 0.409 e. The second-order valence-electron chi connectivity index (χ2n) is 6.99. The topological polar surface area (TPSA) is 49.9 Å². The third kappa shape index (κ3) is 4.52. The molecule has 27 heavy (non-hydrogen) atoms. The molecule has 5 nitrogen and oxygen atoms in total. The molecule has 0 aliphatic carbocycles. The Morgan fingerprint density at radius 2 is 1.93 bits per heavy atom. The van der Waals surface area contributed by atoms with Gasteiger partial charge >= 0.3 is 6.09 Å². The highest BCUT2D eigenvalue weighted by atomic mass is 35.5. The number of nitrogens with zero attached hydrogens (tertiary/aromatic N) is 2. The molecule has 1 fully saturated rings. The Kier molecular flexibility index (Phi) is 6.22. The number of thiophene rings is 1. The van der Waals surface area contributed by atoms with E-state index < -0.39 is 0 Å². The molecule has 2 aromatic rings. The smallest absolute Gasteiger partial charge is 0.409 e. The fourth-order valence-corrected chi connectivity index (χ4v) is 4.46. The summed E-state index contributed by atoms with van der Waals surface area (Å²) in [5, 5.41) is 1.04. The van der Waals surface area contributed by atoms with Crippen molar-refractivity contribution in [2.24, 2.45) is 5.92 Å². The predicted octanol–water partition coefficient (Wildman–Crippen LogP) is 4.63. The third-order valence-electron chi connectivity index (χ3n) is 4.37. The monoisotopic (exact) mass is 412 g/mol. The molecule has 0 saturated carbocycles. The van der Waals surface area contributed by atoms with Gasteiger partial charge in [0.1, 0.15) is 10.7 Å². The van der Waals surface area contributed by atoms with E-state index in [-0.39, 0.29) is 23.7 Å². The number of carbonyl (C=O) groups is 2. The number of halogens is 2. The first kappa shape index (κ1) is 19.9. The molecule has 1 aromatic heterocycles. The molecule has 3 rings (SSSR count). The first-order valence-corrected chi connectivity index (χ1v) is 10.1. The van der Waals surface area contributed by atoms with E-state index in [2.05, 4.69) is 0 Å². The molecule has 1 aliphatic rings. The van der Waals surface area contributed by atoms with Crippen LogP contribution in [-0.4, -0.2) is 54.6 Å². The summed E-state index contributed by atoms with van der Waals surface area (Å²) in [6, 6.07) is 4.31. The van der Waals surface area contributed by atoms with Gasteiger partial charge in [0.2, 0.25) is 0 Å². The zero-order valence-electron chi connectivity index (χ0n) is 15.3. The quantitative estimate of drug-likeness (QED) is 0.738. The Balaban J connectivity index is 1.69. The molecular formula is C19H22ClFN2O3S. The molecule has 0 bridgehead atoms. The van der Waals surface area contributed by atoms with Gasteiger partial charge in [-0.1, -0.05) is 25.4 Å². The molecule has 0 radical (unpaired) electrons. The molecule has 2 heterocycles. The lowest BCUT2D eigenvalue weighted by Crippen LogP contribution is -2.37. The van der Waals surface area contributed by atoms with Crippen LogP contribution in [0.1, 0.15) is 29.9 Å². The van der Waals surface area contributed by atoms with Gasteiger partial charge in [0, 0.05) is 36.3 Å². The Labute approximate surface area is 166 Å². The molecular weight excluding hydrogens is 391 g/mol. The average Bonchev–Trinajstić information content (AvgIpc) is 2.81. The predicted molar refractivity (Wildman–Crippen MR) is 105 cm³/mol. The minimum atomic E-state index is -0.357. The lowest BCUT2D eigenvalue weighted by molar-refractivity contribution is 0.0751. The first-order chi connectivity index (χ1) is 12.9. The van der Waals surface area contributed by atoms with E-state index >= 15 is 0 Å². The molecule has 0 atom stereocenters. The Morgan fingerprint density at radius 3 is 2.67 bits per heavy atom. The standard InChI is InChI=1S/C19H22ClFN2O3S/c1-12(2)11-26-19(25)23-7-3-6-22(8-9-23)18(24)17-16(20)14-5-4-13(21)10-15(14)27-17/h4-5,10,12H,3,6-9,11H2,1-2H3. The molecule has 8 heteroatoms. The van der Waals surface area contributed by atoms with E-state index in [4.69, 9.17) is 16.3 Å². The van der Waals surface area contributed by atoms with Gasteiger partial charge in [-0.2, -0.15) is 0 Å². The zero-order valence-corrected chi connectivity index (χ0v) is 16.9. The van der Waals surface area contributed by atoms with Crippen LogP contribution in [-0.2, 0) is 4.74 Å². The van der Waals surface area contributed by atoms with Crippen LogP contribution in [0.5, 0.6) is 0 Å². The van der Waals surface area contributed by atoms with Crippen molar-refractivity contribution in [2.45, 2.75) is 20.3 Å². The van der Waals surface area contributed by atoms with Crippen LogP contribution >= 0.6 is 22.9 Å². The van der Waals surface area contributed by atoms with Gasteiger partial charge in [0.25, 0.3) is 5.91 Å². The minimum Gasteiger partial charge on any atom is -0.449 e. The number of benzene rings is 1. The lowest BCUT2D eigenvalue weighted by atomic mass is 10.2. The summed E-state index contributed by atoms with van der Waals surface area (Å²) in [4.78, 5) is 28.8. The van der Waals surface area contributed by atoms with Crippen molar-refractivity contribution in [3.05, 3.63) is 33.9 Å². The average molecular weight is 413 g/mol. The van der Waals surface area contributed by atoms with Crippen molar-refractivity contribution < 1.29 is 18.7 Å². The lowest BCUT2D eigenvalue weighted by Gasteiger charge is -2.22. The van der Waals surface area contributed by atoms with Gasteiger partial charge < -0.3 is 14.5 Å². The van der Waals surface area contributed by atoms with Crippen LogP contribution in [0.3, 0.4) is 0 Å². The van der Waals surface area contributed by atoms with Crippen LogP contribution in [0.15, 0.2) is 18.2 Å². The maximum absolute atomic E-state index is 13.4. The number of carbonyl (C=O) groups excluding carboxylic acids is 2. The SMILES string of the molecule is CC(C)COC(=O)N1CCCN(C(=O)c2sc3cc(F)ccc3c2Cl)CC1. The van der Waals surface area contributed by atoms with E-state index in [0.717, 1.165) is 0 Å². The molecule has 1 aliphatic heterocycles. The van der Waals surface area contributed by atoms with Crippen molar-refractivity contribution in [3.63, 3.8) is 0 Å². The molecule has 0 N–H and O–H groups in total. The van der Waals surface area contributed by atoms with Crippen LogP contribution in [0, 0.1) is 11.7 Å². The van der Waals surface area contributed by atoms with Crippen LogP contribution in [0.2, 0.25) is 5.02 Å². The van der Waals surface area contributed by atoms with Crippen molar-refractivity contribution in [2.75, 3.05) is 32.8 Å². The van der Waals surface area contributed by atoms with Gasteiger partial charge in [-0.25, -0.2) is 9.18 Å². The number of hydrogen-bond donors (Lipinski definition) is 0. The van der Waals surface area contributed by atoms with Gasteiger partial charge in [0.15, 0.2) is 0 Å². The van der Waals surface area contributed by atoms with Gasteiger partial charge in [-0.3, -0.25) is 4.79 Å². The van der Waals surface area contributed by atoms with Crippen molar-refractivity contribution in [3.8, 4) is 0 Å². The number of rotatable bonds is 3. The van der Waals surface area contributed by atoms with E-state index in [1.54, 1.807) is 15.9 Å². The summed E-state index contributed by atoms with van der Waals surface area (Å²) in [6.45, 7) is 6.26. The van der Waals surface area contributed by atoms with E-state index in [1.807, 2.05) is 13.8 Å². The summed E-state index contributed by atoms with van der Waals surface area (Å²) in [6.07, 6.45) is 0.327. The number of amides is 2. The molecule has 146 valence electrons. The minimum absolute atomic E-state index is 0.181. The highest BCUT2D eigenvalue weighted by Crippen LogP contribution is 2.36. The molecule has 1 aromatic carbocycles. The van der Waals surface area contributed by atoms with E-state index in [0.29, 0.717) is 59.2 Å². The summed E-state index contributed by atoms with van der Waals surface area (Å²) >= 11 is 7.57. The van der Waals surface area contributed by atoms with Gasteiger partial charge in [0.05, 0.1) is 11.6 Å². The van der Waals surface area contributed by atoms with Crippen LogP contribution in [0.25, 0.3) is 10.1 Å². The van der Waals surface area contributed by atoms with Crippen molar-refractivity contribution in [1.82, 2.24) is 9.80 Å². The van der Waals surface area contributed by atoms with Crippen LogP contribution < -0.4 is 0 Å². The third-order valence-corrected chi connectivity index (χ3v) is 6.01. The van der Waals surface area contributed by atoms with Crippen molar-refractivity contribution >= 4 is 45.0 Å². The summed E-state index contributed by atoms with van der Waals surface area (Å²) in [5.41, 5.74) is 0. The highest BCUT2D eigenvalue weighted by Gasteiger charge is 2.26. The molecule has 0 unspecified atom stereocenters. The molecule has 1 saturated heterocycles. The van der Waals surface area contributed by atoms with Gasteiger partial charge in [-0.05, 0) is 30.5 Å².